The number of aromatic nitrogens is 1. The highest BCUT2D eigenvalue weighted by molar-refractivity contribution is 6.32. The number of hydrogen-bond acceptors (Lipinski definition) is 3. The number of urea groups is 1. The molecule has 0 bridgehead atoms. The van der Waals surface area contributed by atoms with Crippen molar-refractivity contribution in [2.45, 2.75) is 6.42 Å². The molecule has 21 heavy (non-hydrogen) atoms. The molecule has 1 aromatic heterocycles. The molecule has 1 aromatic carbocycles. The molecule has 2 N–H and O–H groups in total. The van der Waals surface area contributed by atoms with Crippen LogP contribution in [0.25, 0.3) is 0 Å². The summed E-state index contributed by atoms with van der Waals surface area (Å²) in [7, 11) is 0. The second kappa shape index (κ2) is 8.11. The highest BCUT2D eigenvalue weighted by atomic mass is 35.5. The summed E-state index contributed by atoms with van der Waals surface area (Å²) in [4.78, 5) is 15.6. The van der Waals surface area contributed by atoms with E-state index in [0.717, 1.165) is 0 Å². The Hall–Kier alpha value is -2.27. The van der Waals surface area contributed by atoms with Gasteiger partial charge in [-0.2, -0.15) is 0 Å². The summed E-state index contributed by atoms with van der Waals surface area (Å²) in [5, 5.41) is 5.95. The van der Waals surface area contributed by atoms with Crippen molar-refractivity contribution >= 4 is 23.4 Å². The summed E-state index contributed by atoms with van der Waals surface area (Å²) in [6.45, 7) is 0.983. The highest BCUT2D eigenvalue weighted by Gasteiger charge is 2.02. The van der Waals surface area contributed by atoms with Gasteiger partial charge in [0.05, 0.1) is 11.6 Å². The van der Waals surface area contributed by atoms with E-state index in [2.05, 4.69) is 15.6 Å². The van der Waals surface area contributed by atoms with Crippen molar-refractivity contribution in [1.29, 1.82) is 0 Å². The number of pyridine rings is 1. The van der Waals surface area contributed by atoms with E-state index < -0.39 is 0 Å². The highest BCUT2D eigenvalue weighted by Crippen LogP contribution is 2.22. The number of hydrogen-bond donors (Lipinski definition) is 2. The molecule has 0 radical (unpaired) electrons. The number of para-hydroxylation sites is 1. The maximum Gasteiger partial charge on any atom is 0.320 e. The molecule has 1 heterocycles. The number of halogens is 1. The van der Waals surface area contributed by atoms with Gasteiger partial charge in [0.2, 0.25) is 0 Å². The van der Waals surface area contributed by atoms with Gasteiger partial charge >= 0.3 is 6.03 Å². The van der Waals surface area contributed by atoms with Gasteiger partial charge < -0.3 is 10.1 Å². The number of nitrogens with zero attached hydrogens (tertiary/aromatic N) is 1. The third kappa shape index (κ3) is 5.31. The van der Waals surface area contributed by atoms with Crippen LogP contribution in [0.2, 0.25) is 5.02 Å². The monoisotopic (exact) mass is 305 g/mol. The van der Waals surface area contributed by atoms with Crippen LogP contribution in [0.5, 0.6) is 5.75 Å². The summed E-state index contributed by atoms with van der Waals surface area (Å²) in [6, 6.07) is 12.3. The van der Waals surface area contributed by atoms with Gasteiger partial charge in [-0.3, -0.25) is 5.32 Å². The van der Waals surface area contributed by atoms with Gasteiger partial charge in [0.25, 0.3) is 0 Å². The molecule has 0 saturated heterocycles. The minimum absolute atomic E-state index is 0.286. The van der Waals surface area contributed by atoms with Crippen LogP contribution in [0.15, 0.2) is 48.7 Å². The van der Waals surface area contributed by atoms with Crippen molar-refractivity contribution in [1.82, 2.24) is 10.3 Å². The quantitative estimate of drug-likeness (QED) is 0.805. The Morgan fingerprint density at radius 1 is 1.19 bits per heavy atom. The fraction of sp³-hybridized carbons (Fsp3) is 0.200. The summed E-state index contributed by atoms with van der Waals surface area (Å²) < 4.78 is 5.52. The fourth-order valence-corrected chi connectivity index (χ4v) is 1.81. The molecule has 0 atom stereocenters. The molecule has 2 rings (SSSR count). The summed E-state index contributed by atoms with van der Waals surface area (Å²) >= 11 is 5.97. The SMILES string of the molecule is O=C(NCCCOc1ccccc1Cl)Nc1ccccn1. The lowest BCUT2D eigenvalue weighted by molar-refractivity contribution is 0.250. The first-order valence-corrected chi connectivity index (χ1v) is 6.97. The maximum absolute atomic E-state index is 11.6. The van der Waals surface area contributed by atoms with Gasteiger partial charge in [-0.25, -0.2) is 9.78 Å². The number of ether oxygens (including phenoxy) is 1. The second-order valence-electron chi connectivity index (χ2n) is 4.23. The van der Waals surface area contributed by atoms with Crippen molar-refractivity contribution in [3.8, 4) is 5.75 Å². The molecule has 0 aliphatic heterocycles. The third-order valence-electron chi connectivity index (χ3n) is 2.61. The molecule has 0 aliphatic rings. The first-order chi connectivity index (χ1) is 10.3. The Labute approximate surface area is 128 Å². The number of carbonyl (C=O) groups excluding carboxylic acids is 1. The molecule has 110 valence electrons. The molecule has 0 saturated carbocycles. The molecule has 0 spiro atoms. The minimum atomic E-state index is -0.286. The van der Waals surface area contributed by atoms with Gasteiger partial charge in [-0.15, -0.1) is 0 Å². The minimum Gasteiger partial charge on any atom is -0.492 e. The van der Waals surface area contributed by atoms with E-state index in [1.54, 1.807) is 30.5 Å². The van der Waals surface area contributed by atoms with Crippen molar-refractivity contribution in [2.24, 2.45) is 0 Å². The van der Waals surface area contributed by atoms with Gasteiger partial charge in [0.1, 0.15) is 11.6 Å². The van der Waals surface area contributed by atoms with Gasteiger partial charge in [-0.05, 0) is 30.7 Å². The standard InChI is InChI=1S/C15H16ClN3O2/c16-12-6-1-2-7-13(12)21-11-5-10-18-15(20)19-14-8-3-4-9-17-14/h1-4,6-9H,5,10-11H2,(H2,17,18,19,20). The van der Waals surface area contributed by atoms with E-state index in [-0.39, 0.29) is 6.03 Å². The zero-order chi connectivity index (χ0) is 14.9. The van der Waals surface area contributed by atoms with Crippen LogP contribution >= 0.6 is 11.6 Å². The normalized spacial score (nSPS) is 9.95. The summed E-state index contributed by atoms with van der Waals surface area (Å²) in [5.41, 5.74) is 0. The third-order valence-corrected chi connectivity index (χ3v) is 2.92. The number of nitrogens with one attached hydrogen (secondary N) is 2. The molecule has 5 nitrogen and oxygen atoms in total. The molecule has 0 fully saturated rings. The maximum atomic E-state index is 11.6. The van der Waals surface area contributed by atoms with Crippen LogP contribution < -0.4 is 15.4 Å². The zero-order valence-electron chi connectivity index (χ0n) is 11.4. The van der Waals surface area contributed by atoms with E-state index in [9.17, 15) is 4.79 Å². The molecular formula is C15H16ClN3O2. The lowest BCUT2D eigenvalue weighted by Crippen LogP contribution is -2.30. The largest absolute Gasteiger partial charge is 0.492 e. The molecule has 2 amide bonds. The number of benzene rings is 1. The molecule has 2 aromatic rings. The van der Waals surface area contributed by atoms with Crippen LogP contribution in [0.3, 0.4) is 0 Å². The predicted octanol–water partition coefficient (Wildman–Crippen LogP) is 3.33. The van der Waals surface area contributed by atoms with Crippen LogP contribution in [-0.4, -0.2) is 24.2 Å². The predicted molar refractivity (Wildman–Crippen MR) is 82.8 cm³/mol. The molecular weight excluding hydrogens is 290 g/mol. The van der Waals surface area contributed by atoms with E-state index in [1.807, 2.05) is 18.2 Å². The average Bonchev–Trinajstić information content (AvgIpc) is 2.50. The fourth-order valence-electron chi connectivity index (χ4n) is 1.62. The Morgan fingerprint density at radius 2 is 2.00 bits per heavy atom. The van der Waals surface area contributed by atoms with Gasteiger partial charge in [0, 0.05) is 12.7 Å². The molecule has 0 aliphatic carbocycles. The Kier molecular flexibility index (Phi) is 5.84. The lowest BCUT2D eigenvalue weighted by atomic mass is 10.3. The van der Waals surface area contributed by atoms with E-state index in [4.69, 9.17) is 16.3 Å². The Balaban J connectivity index is 1.62. The topological polar surface area (TPSA) is 63.2 Å². The molecule has 6 heteroatoms. The van der Waals surface area contributed by atoms with E-state index in [1.165, 1.54) is 0 Å². The number of amides is 2. The zero-order valence-corrected chi connectivity index (χ0v) is 12.1. The van der Waals surface area contributed by atoms with Crippen LogP contribution in [0.1, 0.15) is 6.42 Å². The van der Waals surface area contributed by atoms with Crippen molar-refractivity contribution < 1.29 is 9.53 Å². The number of carbonyl (C=O) groups is 1. The number of rotatable bonds is 6. The van der Waals surface area contributed by atoms with E-state index >= 15 is 0 Å². The van der Waals surface area contributed by atoms with Crippen LogP contribution in [0, 0.1) is 0 Å². The summed E-state index contributed by atoms with van der Waals surface area (Å²) in [6.07, 6.45) is 2.30. The van der Waals surface area contributed by atoms with Crippen molar-refractivity contribution in [3.05, 3.63) is 53.7 Å². The Bertz CT molecular complexity index is 578. The van der Waals surface area contributed by atoms with E-state index in [0.29, 0.717) is 36.2 Å². The van der Waals surface area contributed by atoms with Crippen molar-refractivity contribution in [3.63, 3.8) is 0 Å². The van der Waals surface area contributed by atoms with Crippen LogP contribution in [-0.2, 0) is 0 Å². The van der Waals surface area contributed by atoms with Crippen molar-refractivity contribution in [2.75, 3.05) is 18.5 Å². The Morgan fingerprint density at radius 3 is 2.76 bits per heavy atom. The first kappa shape index (κ1) is 15.1. The average molecular weight is 306 g/mol. The van der Waals surface area contributed by atoms with Crippen LogP contribution in [0.4, 0.5) is 10.6 Å². The first-order valence-electron chi connectivity index (χ1n) is 6.59. The second-order valence-corrected chi connectivity index (χ2v) is 4.64. The molecule has 0 unspecified atom stereocenters. The van der Waals surface area contributed by atoms with Gasteiger partial charge in [-0.1, -0.05) is 29.8 Å². The smallest absolute Gasteiger partial charge is 0.320 e. The number of anilines is 1. The lowest BCUT2D eigenvalue weighted by Gasteiger charge is -2.09. The summed E-state index contributed by atoms with van der Waals surface area (Å²) in [5.74, 6) is 1.17. The van der Waals surface area contributed by atoms with Gasteiger partial charge in [0.15, 0.2) is 0 Å².